The predicted molar refractivity (Wildman–Crippen MR) is 251 cm³/mol. The van der Waals surface area contributed by atoms with E-state index in [2.05, 4.69) is 45.1 Å². The third kappa shape index (κ3) is 46.0. The van der Waals surface area contributed by atoms with Gasteiger partial charge in [-0.25, -0.2) is 0 Å². The highest BCUT2D eigenvalue weighted by Gasteiger charge is 2.19. The van der Waals surface area contributed by atoms with Gasteiger partial charge >= 0.3 is 17.9 Å². The molecule has 0 bridgehead atoms. The standard InChI is InChI=1S/C53H92O6/c1-4-7-10-13-16-19-21-23-24-25-26-27-28-30-31-34-37-40-43-46-52(55)58-49-50(48-57-51(54)45-42-39-36-33-18-15-12-9-6-3)59-53(56)47-44-41-38-35-32-29-22-20-17-14-11-8-5-2/h8,11,14,17,20,22,25-26,29,32,50H,4-7,9-10,12-13,15-16,18-19,21,23-24,27-28,30-31,33-49H2,1-3H3/b11-8-,17-14-,22-20-,26-25-,32-29-. The Hall–Kier alpha value is -2.89. The first-order valence-electron chi connectivity index (χ1n) is 24.8. The molecule has 1 unspecified atom stereocenters. The average molecular weight is 825 g/mol. The lowest BCUT2D eigenvalue weighted by molar-refractivity contribution is -0.167. The molecular weight excluding hydrogens is 733 g/mol. The molecule has 340 valence electrons. The maximum Gasteiger partial charge on any atom is 0.306 e. The van der Waals surface area contributed by atoms with Crippen molar-refractivity contribution in [2.45, 2.75) is 245 Å². The molecule has 0 saturated heterocycles. The molecule has 0 saturated carbocycles. The molecule has 59 heavy (non-hydrogen) atoms. The van der Waals surface area contributed by atoms with Crippen molar-refractivity contribution >= 4 is 17.9 Å². The van der Waals surface area contributed by atoms with Crippen LogP contribution < -0.4 is 0 Å². The fraction of sp³-hybridized carbons (Fsp3) is 0.755. The molecule has 0 fully saturated rings. The first kappa shape index (κ1) is 56.1. The van der Waals surface area contributed by atoms with Crippen LogP contribution in [-0.4, -0.2) is 37.2 Å². The maximum absolute atomic E-state index is 12.7. The van der Waals surface area contributed by atoms with E-state index in [4.69, 9.17) is 14.2 Å². The molecule has 0 rings (SSSR count). The Morgan fingerprint density at radius 2 is 0.678 bits per heavy atom. The molecule has 0 aliphatic rings. The number of rotatable bonds is 44. The van der Waals surface area contributed by atoms with Crippen LogP contribution in [0.3, 0.4) is 0 Å². The van der Waals surface area contributed by atoms with Crippen LogP contribution in [0.5, 0.6) is 0 Å². The van der Waals surface area contributed by atoms with Crippen molar-refractivity contribution in [3.63, 3.8) is 0 Å². The molecule has 1 atom stereocenters. The number of unbranched alkanes of at least 4 members (excludes halogenated alkanes) is 26. The fourth-order valence-corrected chi connectivity index (χ4v) is 6.86. The molecule has 0 N–H and O–H groups in total. The molecule has 6 heteroatoms. The van der Waals surface area contributed by atoms with Gasteiger partial charge in [-0.15, -0.1) is 0 Å². The van der Waals surface area contributed by atoms with Crippen LogP contribution in [0.4, 0.5) is 0 Å². The maximum atomic E-state index is 12.7. The lowest BCUT2D eigenvalue weighted by atomic mass is 10.1. The van der Waals surface area contributed by atoms with Gasteiger partial charge in [-0.1, -0.05) is 216 Å². The van der Waals surface area contributed by atoms with Crippen LogP contribution in [0, 0.1) is 0 Å². The van der Waals surface area contributed by atoms with Crippen molar-refractivity contribution in [2.75, 3.05) is 13.2 Å². The zero-order chi connectivity index (χ0) is 43.0. The van der Waals surface area contributed by atoms with E-state index in [1.807, 2.05) is 36.5 Å². The van der Waals surface area contributed by atoms with Gasteiger partial charge in [0.15, 0.2) is 6.10 Å². The molecule has 0 aliphatic carbocycles. The Morgan fingerprint density at radius 1 is 0.356 bits per heavy atom. The van der Waals surface area contributed by atoms with Gasteiger partial charge in [-0.2, -0.15) is 0 Å². The van der Waals surface area contributed by atoms with Crippen molar-refractivity contribution in [3.8, 4) is 0 Å². The monoisotopic (exact) mass is 825 g/mol. The van der Waals surface area contributed by atoms with E-state index in [9.17, 15) is 14.4 Å². The topological polar surface area (TPSA) is 78.9 Å². The first-order chi connectivity index (χ1) is 29.0. The minimum Gasteiger partial charge on any atom is -0.462 e. The summed E-state index contributed by atoms with van der Waals surface area (Å²) in [5.41, 5.74) is 0. The van der Waals surface area contributed by atoms with Crippen molar-refractivity contribution in [1.29, 1.82) is 0 Å². The minimum absolute atomic E-state index is 0.0906. The van der Waals surface area contributed by atoms with Gasteiger partial charge in [-0.3, -0.25) is 14.4 Å². The Bertz CT molecular complexity index is 1090. The van der Waals surface area contributed by atoms with Crippen LogP contribution in [-0.2, 0) is 28.6 Å². The normalized spacial score (nSPS) is 12.5. The zero-order valence-corrected chi connectivity index (χ0v) is 38.8. The van der Waals surface area contributed by atoms with Gasteiger partial charge in [0, 0.05) is 19.3 Å². The summed E-state index contributed by atoms with van der Waals surface area (Å²) in [4.78, 5) is 37.8. The van der Waals surface area contributed by atoms with Gasteiger partial charge in [0.25, 0.3) is 0 Å². The Morgan fingerprint density at radius 3 is 1.10 bits per heavy atom. The fourth-order valence-electron chi connectivity index (χ4n) is 6.86. The zero-order valence-electron chi connectivity index (χ0n) is 38.8. The second-order valence-corrected chi connectivity index (χ2v) is 16.4. The Labute approximate surface area is 364 Å². The number of allylic oxidation sites excluding steroid dienone is 10. The second-order valence-electron chi connectivity index (χ2n) is 16.4. The van der Waals surface area contributed by atoms with Gasteiger partial charge in [0.05, 0.1) is 0 Å². The van der Waals surface area contributed by atoms with Crippen LogP contribution in [0.1, 0.15) is 239 Å². The second kappa shape index (κ2) is 47.8. The van der Waals surface area contributed by atoms with Crippen LogP contribution in [0.25, 0.3) is 0 Å². The van der Waals surface area contributed by atoms with E-state index in [0.29, 0.717) is 12.8 Å². The van der Waals surface area contributed by atoms with Gasteiger partial charge in [-0.05, 0) is 64.2 Å². The summed E-state index contributed by atoms with van der Waals surface area (Å²) < 4.78 is 16.7. The average Bonchev–Trinajstić information content (AvgIpc) is 3.23. The third-order valence-corrected chi connectivity index (χ3v) is 10.6. The van der Waals surface area contributed by atoms with E-state index in [-0.39, 0.29) is 37.5 Å². The Balaban J connectivity index is 4.34. The minimum atomic E-state index is -0.792. The van der Waals surface area contributed by atoms with E-state index < -0.39 is 6.10 Å². The highest BCUT2D eigenvalue weighted by atomic mass is 16.6. The number of hydrogen-bond acceptors (Lipinski definition) is 6. The molecule has 0 heterocycles. The summed E-state index contributed by atoms with van der Waals surface area (Å²) in [5, 5.41) is 0. The number of carbonyl (C=O) groups excluding carboxylic acids is 3. The molecule has 0 radical (unpaired) electrons. The summed E-state index contributed by atoms with van der Waals surface area (Å²) in [7, 11) is 0. The summed E-state index contributed by atoms with van der Waals surface area (Å²) in [5.74, 6) is -0.936. The smallest absolute Gasteiger partial charge is 0.306 e. The number of carbonyl (C=O) groups is 3. The summed E-state index contributed by atoms with van der Waals surface area (Å²) >= 11 is 0. The van der Waals surface area contributed by atoms with Gasteiger partial charge in [0.1, 0.15) is 13.2 Å². The molecule has 0 aliphatic heterocycles. The van der Waals surface area contributed by atoms with Crippen molar-refractivity contribution in [2.24, 2.45) is 0 Å². The van der Waals surface area contributed by atoms with Crippen LogP contribution >= 0.6 is 0 Å². The molecule has 0 spiro atoms. The van der Waals surface area contributed by atoms with Crippen molar-refractivity contribution in [1.82, 2.24) is 0 Å². The lowest BCUT2D eigenvalue weighted by Crippen LogP contribution is -2.30. The number of ether oxygens (including phenoxy) is 3. The first-order valence-corrected chi connectivity index (χ1v) is 24.8. The molecule has 6 nitrogen and oxygen atoms in total. The van der Waals surface area contributed by atoms with E-state index >= 15 is 0 Å². The number of hydrogen-bond donors (Lipinski definition) is 0. The molecular formula is C53H92O6. The van der Waals surface area contributed by atoms with E-state index in [0.717, 1.165) is 70.6 Å². The van der Waals surface area contributed by atoms with Crippen LogP contribution in [0.15, 0.2) is 60.8 Å². The summed E-state index contributed by atoms with van der Waals surface area (Å²) in [6.45, 7) is 6.44. The Kier molecular flexibility index (Phi) is 45.4. The number of esters is 3. The highest BCUT2D eigenvalue weighted by molar-refractivity contribution is 5.71. The quantitative estimate of drug-likeness (QED) is 0.0200. The summed E-state index contributed by atoms with van der Waals surface area (Å²) in [6.07, 6.45) is 57.8. The van der Waals surface area contributed by atoms with Gasteiger partial charge in [0.2, 0.25) is 0 Å². The lowest BCUT2D eigenvalue weighted by Gasteiger charge is -2.18. The summed E-state index contributed by atoms with van der Waals surface area (Å²) in [6, 6.07) is 0. The van der Waals surface area contributed by atoms with E-state index in [1.54, 1.807) is 0 Å². The molecule has 0 aromatic heterocycles. The molecule has 0 aromatic carbocycles. The van der Waals surface area contributed by atoms with E-state index in [1.165, 1.54) is 128 Å². The molecule has 0 amide bonds. The van der Waals surface area contributed by atoms with Crippen molar-refractivity contribution in [3.05, 3.63) is 60.8 Å². The van der Waals surface area contributed by atoms with Crippen LogP contribution in [0.2, 0.25) is 0 Å². The predicted octanol–water partition coefficient (Wildman–Crippen LogP) is 16.1. The largest absolute Gasteiger partial charge is 0.462 e. The molecule has 0 aromatic rings. The van der Waals surface area contributed by atoms with Crippen molar-refractivity contribution < 1.29 is 28.6 Å². The SMILES string of the molecule is CC\C=C/C=C\C=C/C=C\CCCCCC(=O)OC(COC(=O)CCCCCCCCC/C=C\CCCCCCCCCC)COC(=O)CCCCCCCCCCC. The third-order valence-electron chi connectivity index (χ3n) is 10.6. The van der Waals surface area contributed by atoms with Gasteiger partial charge < -0.3 is 14.2 Å². The highest BCUT2D eigenvalue weighted by Crippen LogP contribution is 2.14.